The third-order valence-corrected chi connectivity index (χ3v) is 6.18. The van der Waals surface area contributed by atoms with Crippen LogP contribution in [0.3, 0.4) is 0 Å². The lowest BCUT2D eigenvalue weighted by atomic mass is 10.1. The molecule has 0 saturated heterocycles. The van der Waals surface area contributed by atoms with Crippen LogP contribution >= 0.6 is 0 Å². The molecule has 1 atom stereocenters. The maximum Gasteiger partial charge on any atom is 0.221 e. The molecule has 1 aromatic heterocycles. The molecular weight excluding hydrogens is 426 g/mol. The van der Waals surface area contributed by atoms with Gasteiger partial charge in [0.15, 0.2) is 0 Å². The molecule has 0 aliphatic carbocycles. The highest BCUT2D eigenvalue weighted by atomic mass is 16.5. The van der Waals surface area contributed by atoms with E-state index in [9.17, 15) is 4.79 Å². The number of ether oxygens (including phenoxy) is 1. The minimum Gasteiger partial charge on any atom is -0.484 e. The van der Waals surface area contributed by atoms with Gasteiger partial charge in [-0.25, -0.2) is 4.68 Å². The summed E-state index contributed by atoms with van der Waals surface area (Å²) in [5, 5.41) is 11.4. The zero-order valence-corrected chi connectivity index (χ0v) is 19.1. The summed E-state index contributed by atoms with van der Waals surface area (Å²) in [5.41, 5.74) is 4.21. The second kappa shape index (κ2) is 10.5. The van der Waals surface area contributed by atoms with Crippen LogP contribution in [0, 0.1) is 0 Å². The highest BCUT2D eigenvalue weighted by molar-refractivity contribution is 5.76. The van der Waals surface area contributed by atoms with Crippen molar-refractivity contribution < 1.29 is 9.53 Å². The van der Waals surface area contributed by atoms with E-state index in [1.807, 2.05) is 65.3 Å². The predicted octanol–water partition coefficient (Wildman–Crippen LogP) is 3.96. The summed E-state index contributed by atoms with van der Waals surface area (Å²) in [6, 6.07) is 26.4. The summed E-state index contributed by atoms with van der Waals surface area (Å²) in [6.45, 7) is 3.53. The summed E-state index contributed by atoms with van der Waals surface area (Å²) in [7, 11) is 0. The summed E-state index contributed by atoms with van der Waals surface area (Å²) < 4.78 is 8.26. The minimum absolute atomic E-state index is 0.0644. The van der Waals surface area contributed by atoms with Gasteiger partial charge in [-0.05, 0) is 30.2 Å². The number of amides is 1. The van der Waals surface area contributed by atoms with Crippen LogP contribution in [-0.2, 0) is 17.9 Å². The van der Waals surface area contributed by atoms with Crippen LogP contribution in [0.25, 0.3) is 11.0 Å². The van der Waals surface area contributed by atoms with Gasteiger partial charge in [-0.1, -0.05) is 65.9 Å². The van der Waals surface area contributed by atoms with Crippen molar-refractivity contribution in [3.8, 4) is 5.75 Å². The SMILES string of the molecule is O=C(CCN1Cc2ccccc2O[C@H](c2ccccc2)C1)NCCCn1nnc2ccccc21. The van der Waals surface area contributed by atoms with Gasteiger partial charge in [-0.3, -0.25) is 9.69 Å². The fourth-order valence-corrected chi connectivity index (χ4v) is 4.38. The second-order valence-electron chi connectivity index (χ2n) is 8.61. The first-order chi connectivity index (χ1) is 16.8. The molecule has 1 amide bonds. The molecule has 0 spiro atoms. The first kappa shape index (κ1) is 22.1. The summed E-state index contributed by atoms with van der Waals surface area (Å²) >= 11 is 0. The molecule has 34 heavy (non-hydrogen) atoms. The van der Waals surface area contributed by atoms with E-state index in [2.05, 4.69) is 38.7 Å². The number of nitrogens with one attached hydrogen (secondary N) is 1. The Kier molecular flexibility index (Phi) is 6.81. The minimum atomic E-state index is -0.0644. The fraction of sp³-hybridized carbons (Fsp3) is 0.296. The number of carbonyl (C=O) groups excluding carboxylic acids is 1. The van der Waals surface area contributed by atoms with E-state index >= 15 is 0 Å². The maximum atomic E-state index is 12.5. The molecule has 0 bridgehead atoms. The monoisotopic (exact) mass is 455 g/mol. The molecule has 1 aliphatic rings. The number of aryl methyl sites for hydroxylation is 1. The Morgan fingerprint density at radius 3 is 2.68 bits per heavy atom. The van der Waals surface area contributed by atoms with Gasteiger partial charge < -0.3 is 10.1 Å². The fourth-order valence-electron chi connectivity index (χ4n) is 4.38. The van der Waals surface area contributed by atoms with Gasteiger partial charge in [0, 0.05) is 44.7 Å². The third-order valence-electron chi connectivity index (χ3n) is 6.18. The molecule has 4 aromatic rings. The van der Waals surface area contributed by atoms with Crippen LogP contribution in [0.4, 0.5) is 0 Å². The molecule has 1 N–H and O–H groups in total. The van der Waals surface area contributed by atoms with Crippen LogP contribution in [-0.4, -0.2) is 45.4 Å². The quantitative estimate of drug-likeness (QED) is 0.407. The average molecular weight is 456 g/mol. The molecule has 0 saturated carbocycles. The predicted molar refractivity (Wildman–Crippen MR) is 131 cm³/mol. The number of hydrogen-bond donors (Lipinski definition) is 1. The number of benzene rings is 3. The second-order valence-corrected chi connectivity index (χ2v) is 8.61. The van der Waals surface area contributed by atoms with Crippen molar-refractivity contribution in [2.24, 2.45) is 0 Å². The van der Waals surface area contributed by atoms with Crippen LogP contribution in [0.2, 0.25) is 0 Å². The maximum absolute atomic E-state index is 12.5. The van der Waals surface area contributed by atoms with Gasteiger partial charge in [-0.15, -0.1) is 5.10 Å². The number of nitrogens with zero attached hydrogens (tertiary/aromatic N) is 4. The molecule has 3 aromatic carbocycles. The smallest absolute Gasteiger partial charge is 0.221 e. The molecular formula is C27H29N5O2. The highest BCUT2D eigenvalue weighted by Gasteiger charge is 2.24. The van der Waals surface area contributed by atoms with E-state index < -0.39 is 0 Å². The molecule has 2 heterocycles. The Morgan fingerprint density at radius 1 is 0.971 bits per heavy atom. The number of fused-ring (bicyclic) bond motifs is 2. The van der Waals surface area contributed by atoms with Crippen molar-refractivity contribution in [3.63, 3.8) is 0 Å². The molecule has 0 radical (unpaired) electrons. The van der Waals surface area contributed by atoms with Crippen molar-refractivity contribution in [2.75, 3.05) is 19.6 Å². The number of aromatic nitrogens is 3. The van der Waals surface area contributed by atoms with Crippen LogP contribution in [0.15, 0.2) is 78.9 Å². The van der Waals surface area contributed by atoms with Crippen molar-refractivity contribution in [2.45, 2.75) is 32.0 Å². The molecule has 7 nitrogen and oxygen atoms in total. The van der Waals surface area contributed by atoms with Gasteiger partial charge in [0.25, 0.3) is 0 Å². The lowest BCUT2D eigenvalue weighted by Gasteiger charge is -2.24. The molecule has 174 valence electrons. The first-order valence-electron chi connectivity index (χ1n) is 11.8. The molecule has 0 fully saturated rings. The summed E-state index contributed by atoms with van der Waals surface area (Å²) in [6.07, 6.45) is 1.20. The molecule has 5 rings (SSSR count). The number of hydrogen-bond acceptors (Lipinski definition) is 5. The number of carbonyl (C=O) groups is 1. The van der Waals surface area contributed by atoms with Crippen molar-refractivity contribution >= 4 is 16.9 Å². The van der Waals surface area contributed by atoms with Crippen LogP contribution < -0.4 is 10.1 Å². The Labute approximate surface area is 199 Å². The van der Waals surface area contributed by atoms with E-state index in [1.54, 1.807) is 0 Å². The molecule has 1 aliphatic heterocycles. The number of para-hydroxylation sites is 2. The normalized spacial score (nSPS) is 15.9. The Hall–Kier alpha value is -3.71. The topological polar surface area (TPSA) is 72.3 Å². The zero-order chi connectivity index (χ0) is 23.2. The van der Waals surface area contributed by atoms with Gasteiger partial charge in [0.1, 0.15) is 17.4 Å². The van der Waals surface area contributed by atoms with Crippen LogP contribution in [0.1, 0.15) is 30.1 Å². The molecule has 7 heteroatoms. The van der Waals surface area contributed by atoms with Crippen molar-refractivity contribution in [1.29, 1.82) is 0 Å². The van der Waals surface area contributed by atoms with Gasteiger partial charge in [-0.2, -0.15) is 0 Å². The van der Waals surface area contributed by atoms with E-state index in [-0.39, 0.29) is 12.0 Å². The van der Waals surface area contributed by atoms with Crippen molar-refractivity contribution in [3.05, 3.63) is 90.0 Å². The number of rotatable bonds is 8. The Balaban J connectivity index is 1.13. The lowest BCUT2D eigenvalue weighted by molar-refractivity contribution is -0.121. The van der Waals surface area contributed by atoms with Gasteiger partial charge in [0.05, 0.1) is 5.52 Å². The zero-order valence-electron chi connectivity index (χ0n) is 19.1. The standard InChI is InChI=1S/C27H29N5O2/c33-27(28-16-8-17-32-24-13-6-5-12-23(24)29-30-32)15-18-31-19-22-11-4-7-14-25(22)34-26(20-31)21-9-2-1-3-10-21/h1-7,9-14,26H,8,15-20H2,(H,28,33)/t26-/m0/s1. The van der Waals surface area contributed by atoms with Crippen LogP contribution in [0.5, 0.6) is 5.75 Å². The largest absolute Gasteiger partial charge is 0.484 e. The Morgan fingerprint density at radius 2 is 1.76 bits per heavy atom. The molecule has 0 unspecified atom stereocenters. The van der Waals surface area contributed by atoms with Crippen molar-refractivity contribution in [1.82, 2.24) is 25.2 Å². The van der Waals surface area contributed by atoms with Gasteiger partial charge >= 0.3 is 0 Å². The van der Waals surface area contributed by atoms with E-state index in [4.69, 9.17) is 4.74 Å². The first-order valence-corrected chi connectivity index (χ1v) is 11.8. The van der Waals surface area contributed by atoms with E-state index in [1.165, 1.54) is 0 Å². The average Bonchev–Trinajstić information content (AvgIpc) is 3.19. The summed E-state index contributed by atoms with van der Waals surface area (Å²) in [5.74, 6) is 0.988. The third kappa shape index (κ3) is 5.26. The highest BCUT2D eigenvalue weighted by Crippen LogP contribution is 2.31. The van der Waals surface area contributed by atoms with E-state index in [0.717, 1.165) is 54.0 Å². The van der Waals surface area contributed by atoms with Gasteiger partial charge in [0.2, 0.25) is 5.91 Å². The Bertz CT molecular complexity index is 1240. The summed E-state index contributed by atoms with van der Waals surface area (Å²) in [4.78, 5) is 14.8. The van der Waals surface area contributed by atoms with E-state index in [0.29, 0.717) is 19.5 Å². The lowest BCUT2D eigenvalue weighted by Crippen LogP contribution is -2.33.